The zero-order valence-electron chi connectivity index (χ0n) is 24.0. The third kappa shape index (κ3) is 7.31. The Bertz CT molecular complexity index is 1240. The third-order valence-corrected chi connectivity index (χ3v) is 10.0. The van der Waals surface area contributed by atoms with Gasteiger partial charge in [0.25, 0.3) is 5.91 Å². The number of hydrogen-bond acceptors (Lipinski definition) is 8. The molecule has 0 spiro atoms. The van der Waals surface area contributed by atoms with Gasteiger partial charge in [-0.05, 0) is 86.9 Å². The van der Waals surface area contributed by atoms with Crippen LogP contribution in [0.3, 0.4) is 0 Å². The van der Waals surface area contributed by atoms with Crippen LogP contribution in [0.15, 0.2) is 59.9 Å². The number of nitrogens with zero attached hydrogens (tertiary/aromatic N) is 2. The van der Waals surface area contributed by atoms with Crippen LogP contribution < -0.4 is 26.2 Å². The van der Waals surface area contributed by atoms with Crippen molar-refractivity contribution in [2.45, 2.75) is 55.9 Å². The predicted octanol–water partition coefficient (Wildman–Crippen LogP) is 5.70. The predicted molar refractivity (Wildman–Crippen MR) is 173 cm³/mol. The quantitative estimate of drug-likeness (QED) is 0.132. The van der Waals surface area contributed by atoms with Crippen LogP contribution in [0, 0.1) is 11.8 Å². The van der Waals surface area contributed by atoms with E-state index in [1.54, 1.807) is 5.01 Å². The molecular weight excluding hydrogens is 593 g/mol. The second-order valence-corrected chi connectivity index (χ2v) is 12.8. The molecule has 0 radical (unpaired) electrons. The number of rotatable bonds is 10. The van der Waals surface area contributed by atoms with Gasteiger partial charge in [-0.1, -0.05) is 23.7 Å². The van der Waals surface area contributed by atoms with Gasteiger partial charge >= 0.3 is 0 Å². The molecule has 6 rings (SSSR count). The lowest BCUT2D eigenvalue weighted by Gasteiger charge is -2.34. The summed E-state index contributed by atoms with van der Waals surface area (Å²) in [4.78, 5) is 15.1. The lowest BCUT2D eigenvalue weighted by molar-refractivity contribution is 0.0372. The molecule has 2 saturated carbocycles. The molecule has 1 amide bonds. The minimum atomic E-state index is -0.0421. The van der Waals surface area contributed by atoms with Crippen molar-refractivity contribution < 1.29 is 14.3 Å². The largest absolute Gasteiger partial charge is 0.400 e. The summed E-state index contributed by atoms with van der Waals surface area (Å²) in [6.45, 7) is 2.85. The van der Waals surface area contributed by atoms with E-state index < -0.39 is 0 Å². The number of allylic oxidation sites excluding steroid dienone is 1. The van der Waals surface area contributed by atoms with Crippen molar-refractivity contribution in [3.63, 3.8) is 0 Å². The Labute approximate surface area is 263 Å². The number of alkyl halides is 1. The van der Waals surface area contributed by atoms with Crippen molar-refractivity contribution in [1.29, 1.82) is 0 Å². The molecule has 2 aliphatic carbocycles. The van der Waals surface area contributed by atoms with Gasteiger partial charge in [-0.25, -0.2) is 5.84 Å². The summed E-state index contributed by atoms with van der Waals surface area (Å²) in [5, 5.41) is 2.62. The SMILES string of the molecule is CCl.N/C(=C(/COC1CC2CC1CN2c1ccc(C(=O)NSC2CCOCC2)cc1)N(N)c1ccccc1Cl)C1CC1. The van der Waals surface area contributed by atoms with Crippen LogP contribution in [0.2, 0.25) is 5.02 Å². The summed E-state index contributed by atoms with van der Waals surface area (Å²) in [7, 11) is 0. The maximum atomic E-state index is 12.6. The fourth-order valence-corrected chi connectivity index (χ4v) is 7.17. The number of piperidine rings is 1. The normalized spacial score (nSPS) is 24.1. The van der Waals surface area contributed by atoms with Crippen LogP contribution >= 0.6 is 35.1 Å². The van der Waals surface area contributed by atoms with Gasteiger partial charge < -0.3 is 20.1 Å². The summed E-state index contributed by atoms with van der Waals surface area (Å²) in [6.07, 6.45) is 7.82. The maximum absolute atomic E-state index is 12.6. The second kappa shape index (κ2) is 14.6. The molecule has 3 unspecified atom stereocenters. The van der Waals surface area contributed by atoms with Gasteiger partial charge in [-0.15, -0.1) is 11.6 Å². The van der Waals surface area contributed by atoms with Crippen LogP contribution in [-0.2, 0) is 9.47 Å². The molecule has 4 aliphatic rings. The molecule has 2 bridgehead atoms. The minimum absolute atomic E-state index is 0.0421. The molecule has 2 heterocycles. The van der Waals surface area contributed by atoms with E-state index in [1.807, 2.05) is 36.4 Å². The number of nitrogens with one attached hydrogen (secondary N) is 1. The Hall–Kier alpha value is -2.14. The lowest BCUT2D eigenvalue weighted by Crippen LogP contribution is -2.40. The van der Waals surface area contributed by atoms with Gasteiger partial charge in [-0.2, -0.15) is 0 Å². The van der Waals surface area contributed by atoms with Crippen molar-refractivity contribution in [2.75, 3.05) is 42.7 Å². The first kappa shape index (κ1) is 31.3. The van der Waals surface area contributed by atoms with E-state index in [9.17, 15) is 4.79 Å². The highest BCUT2D eigenvalue weighted by atomic mass is 35.5. The fourth-order valence-electron chi connectivity index (χ4n) is 6.12. The molecule has 3 atom stereocenters. The lowest BCUT2D eigenvalue weighted by atomic mass is 10.0. The van der Waals surface area contributed by atoms with Gasteiger partial charge in [0.1, 0.15) is 0 Å². The molecule has 2 aromatic carbocycles. The average Bonchev–Trinajstić information content (AvgIpc) is 3.70. The Morgan fingerprint density at radius 1 is 1.10 bits per heavy atom. The number of carbonyl (C=O) groups excluding carboxylic acids is 1. The highest BCUT2D eigenvalue weighted by Gasteiger charge is 2.45. The summed E-state index contributed by atoms with van der Waals surface area (Å²) >= 11 is 12.6. The molecular formula is C31H41Cl2N5O3S. The van der Waals surface area contributed by atoms with Crippen LogP contribution in [0.1, 0.15) is 48.9 Å². The highest BCUT2D eigenvalue weighted by molar-refractivity contribution is 7.98. The fraction of sp³-hybridized carbons (Fsp3) is 0.516. The molecule has 8 nitrogen and oxygen atoms in total. The van der Waals surface area contributed by atoms with E-state index in [2.05, 4.69) is 33.4 Å². The zero-order chi connectivity index (χ0) is 29.6. The van der Waals surface area contributed by atoms with Gasteiger partial charge in [-0.3, -0.25) is 14.5 Å². The number of ether oxygens (including phenoxy) is 2. The number of fused-ring (bicyclic) bond motifs is 2. The third-order valence-electron chi connectivity index (χ3n) is 8.61. The topological polar surface area (TPSA) is 106 Å². The minimum Gasteiger partial charge on any atom is -0.400 e. The Kier molecular flexibility index (Phi) is 10.8. The van der Waals surface area contributed by atoms with Gasteiger partial charge in [0.05, 0.1) is 29.1 Å². The molecule has 11 heteroatoms. The maximum Gasteiger partial charge on any atom is 0.261 e. The number of halogens is 2. The summed E-state index contributed by atoms with van der Waals surface area (Å²) in [6, 6.07) is 16.0. The van der Waals surface area contributed by atoms with Crippen molar-refractivity contribution in [3.05, 3.63) is 70.5 Å². The Balaban J connectivity index is 0.00000173. The molecule has 42 heavy (non-hydrogen) atoms. The van der Waals surface area contributed by atoms with E-state index in [0.717, 1.165) is 81.1 Å². The highest BCUT2D eigenvalue weighted by Crippen LogP contribution is 2.43. The molecule has 4 fully saturated rings. The molecule has 2 saturated heterocycles. The Morgan fingerprint density at radius 2 is 1.81 bits per heavy atom. The van der Waals surface area contributed by atoms with Gasteiger partial charge in [0, 0.05) is 66.2 Å². The number of nitrogens with two attached hydrogens (primary N) is 2. The summed E-state index contributed by atoms with van der Waals surface area (Å²) < 4.78 is 14.9. The first-order chi connectivity index (χ1) is 20.5. The number of carbonyl (C=O) groups is 1. The second-order valence-electron chi connectivity index (χ2n) is 11.3. The van der Waals surface area contributed by atoms with E-state index in [4.69, 9.17) is 32.7 Å². The first-order valence-electron chi connectivity index (χ1n) is 14.7. The number of amides is 1. The number of anilines is 2. The number of para-hydroxylation sites is 1. The van der Waals surface area contributed by atoms with E-state index >= 15 is 0 Å². The summed E-state index contributed by atoms with van der Waals surface area (Å²) in [5.41, 5.74) is 10.7. The van der Waals surface area contributed by atoms with Gasteiger partial charge in [0.15, 0.2) is 0 Å². The van der Waals surface area contributed by atoms with Gasteiger partial charge in [0.2, 0.25) is 0 Å². The number of hydrogen-bond donors (Lipinski definition) is 3. The monoisotopic (exact) mass is 633 g/mol. The van der Waals surface area contributed by atoms with Crippen molar-refractivity contribution in [2.24, 2.45) is 23.4 Å². The van der Waals surface area contributed by atoms with Crippen LogP contribution in [-0.4, -0.2) is 56.1 Å². The van der Waals surface area contributed by atoms with Crippen LogP contribution in [0.4, 0.5) is 11.4 Å². The van der Waals surface area contributed by atoms with Crippen LogP contribution in [0.5, 0.6) is 0 Å². The molecule has 2 aromatic rings. The molecule has 2 aliphatic heterocycles. The zero-order valence-corrected chi connectivity index (χ0v) is 26.3. The van der Waals surface area contributed by atoms with Crippen molar-refractivity contribution in [1.82, 2.24) is 4.72 Å². The standard InChI is InChI=1S/C30H38ClN5O3S.CH3Cl/c31-25-3-1-2-4-26(25)36(33)27(29(32)19-5-6-19)18-39-28-16-23-15-21(28)17-35(23)22-9-7-20(8-10-22)30(37)34-40-24-11-13-38-14-12-24;1-2/h1-4,7-10,19,21,23-24,28H,5-6,11-18,32-33H2,(H,34,37);1H3/b29-27-;. The van der Waals surface area contributed by atoms with Crippen LogP contribution in [0.25, 0.3) is 0 Å². The molecule has 228 valence electrons. The van der Waals surface area contributed by atoms with Crippen molar-refractivity contribution in [3.8, 4) is 0 Å². The van der Waals surface area contributed by atoms with E-state index in [0.29, 0.717) is 40.3 Å². The average molecular weight is 635 g/mol. The van der Waals surface area contributed by atoms with E-state index in [-0.39, 0.29) is 12.0 Å². The number of hydrazine groups is 1. The summed E-state index contributed by atoms with van der Waals surface area (Å²) in [5.74, 6) is 7.31. The smallest absolute Gasteiger partial charge is 0.261 e. The van der Waals surface area contributed by atoms with Crippen molar-refractivity contribution >= 4 is 52.4 Å². The van der Waals surface area contributed by atoms with E-state index in [1.165, 1.54) is 18.3 Å². The number of benzene rings is 2. The molecule has 0 aromatic heterocycles. The molecule has 5 N–H and O–H groups in total. The Morgan fingerprint density at radius 3 is 2.45 bits per heavy atom. The first-order valence-corrected chi connectivity index (χ1v) is 16.7.